The molecule has 5 nitrogen and oxygen atoms in total. The highest BCUT2D eigenvalue weighted by Crippen LogP contribution is 2.28. The number of aromatic amines is 1. The molecule has 0 spiro atoms. The van der Waals surface area contributed by atoms with Crippen LogP contribution in [0.3, 0.4) is 0 Å². The van der Waals surface area contributed by atoms with E-state index in [9.17, 15) is 0 Å². The van der Waals surface area contributed by atoms with E-state index in [1.54, 1.807) is 22.0 Å². The van der Waals surface area contributed by atoms with Gasteiger partial charge in [-0.3, -0.25) is 5.10 Å². The quantitative estimate of drug-likeness (QED) is 0.554. The molecule has 81 valence electrons. The van der Waals surface area contributed by atoms with E-state index in [2.05, 4.69) is 26.5 Å². The second kappa shape index (κ2) is 3.14. The molecule has 17 heavy (non-hydrogen) atoms. The van der Waals surface area contributed by atoms with E-state index in [-0.39, 0.29) is 0 Å². The number of hydrogen-bond donors (Lipinski definition) is 1. The Morgan fingerprint density at radius 2 is 2.35 bits per heavy atom. The van der Waals surface area contributed by atoms with Crippen molar-refractivity contribution in [1.29, 1.82) is 0 Å². The minimum Gasteiger partial charge on any atom is -0.267 e. The number of thiophene rings is 1. The third-order valence-electron chi connectivity index (χ3n) is 2.64. The lowest BCUT2D eigenvalue weighted by Gasteiger charge is -1.96. The van der Waals surface area contributed by atoms with Gasteiger partial charge in [-0.05, 0) is 11.4 Å². The van der Waals surface area contributed by atoms with E-state index < -0.39 is 0 Å². The Labute approximate surface area is 99.7 Å². The Bertz CT molecular complexity index is 809. The van der Waals surface area contributed by atoms with Crippen molar-refractivity contribution in [2.45, 2.75) is 0 Å². The third kappa shape index (κ3) is 1.21. The van der Waals surface area contributed by atoms with E-state index in [1.807, 2.05) is 23.7 Å². The number of nitrogens with zero attached hydrogens (tertiary/aromatic N) is 4. The molecular formula is C11H6N5S. The van der Waals surface area contributed by atoms with Crippen LogP contribution in [0.2, 0.25) is 0 Å². The largest absolute Gasteiger partial charge is 0.267 e. The van der Waals surface area contributed by atoms with Crippen molar-refractivity contribution >= 4 is 27.2 Å². The Hall–Kier alpha value is -2.21. The predicted octanol–water partition coefficient (Wildman–Crippen LogP) is 2.13. The first kappa shape index (κ1) is 8.89. The van der Waals surface area contributed by atoms with Crippen LogP contribution in [0, 0.1) is 6.20 Å². The van der Waals surface area contributed by atoms with Crippen LogP contribution in [0.1, 0.15) is 0 Å². The summed E-state index contributed by atoms with van der Waals surface area (Å²) >= 11 is 1.63. The van der Waals surface area contributed by atoms with E-state index in [0.717, 1.165) is 27.1 Å². The first-order chi connectivity index (χ1) is 8.42. The Kier molecular flexibility index (Phi) is 1.64. The topological polar surface area (TPSA) is 58.9 Å². The van der Waals surface area contributed by atoms with Gasteiger partial charge in [-0.25, -0.2) is 9.50 Å². The van der Waals surface area contributed by atoms with Gasteiger partial charge < -0.3 is 0 Å². The molecule has 0 aromatic carbocycles. The molecular weight excluding hydrogens is 234 g/mol. The van der Waals surface area contributed by atoms with Gasteiger partial charge in [0.1, 0.15) is 16.7 Å². The van der Waals surface area contributed by atoms with Crippen LogP contribution < -0.4 is 0 Å². The van der Waals surface area contributed by atoms with Crippen molar-refractivity contribution < 1.29 is 0 Å². The zero-order valence-electron chi connectivity index (χ0n) is 8.58. The van der Waals surface area contributed by atoms with Crippen LogP contribution >= 0.6 is 11.3 Å². The summed E-state index contributed by atoms with van der Waals surface area (Å²) in [5.41, 5.74) is 2.49. The molecule has 0 amide bonds. The molecule has 6 heteroatoms. The summed E-state index contributed by atoms with van der Waals surface area (Å²) in [5.74, 6) is 0. The van der Waals surface area contributed by atoms with E-state index in [1.165, 1.54) is 0 Å². The minimum atomic E-state index is 0.783. The minimum absolute atomic E-state index is 0.783. The lowest BCUT2D eigenvalue weighted by Crippen LogP contribution is -1.91. The number of rotatable bonds is 1. The molecule has 0 atom stereocenters. The van der Waals surface area contributed by atoms with Crippen LogP contribution in [-0.2, 0) is 0 Å². The predicted molar refractivity (Wildman–Crippen MR) is 64.8 cm³/mol. The zero-order chi connectivity index (χ0) is 11.2. The van der Waals surface area contributed by atoms with E-state index in [4.69, 9.17) is 0 Å². The number of hydrogen-bond acceptors (Lipinski definition) is 4. The van der Waals surface area contributed by atoms with Crippen LogP contribution in [0.5, 0.6) is 0 Å². The number of aromatic nitrogens is 5. The van der Waals surface area contributed by atoms with Crippen molar-refractivity contribution in [3.63, 3.8) is 0 Å². The van der Waals surface area contributed by atoms with Gasteiger partial charge in [0, 0.05) is 23.2 Å². The molecule has 1 N–H and O–H groups in total. The van der Waals surface area contributed by atoms with Gasteiger partial charge in [0.2, 0.25) is 0 Å². The Morgan fingerprint density at radius 3 is 3.35 bits per heavy atom. The molecule has 0 unspecified atom stereocenters. The molecule has 0 fully saturated rings. The monoisotopic (exact) mass is 240 g/mol. The number of fused-ring (bicyclic) bond motifs is 2. The third-order valence-corrected chi connectivity index (χ3v) is 3.46. The molecule has 0 bridgehead atoms. The SMILES string of the molecule is [c]1nc2ccnn2cc1-c1n[nH]c2sccc12. The second-order valence-corrected chi connectivity index (χ2v) is 4.55. The summed E-state index contributed by atoms with van der Waals surface area (Å²) in [5, 5.41) is 14.6. The van der Waals surface area contributed by atoms with Gasteiger partial charge in [-0.1, -0.05) is 0 Å². The first-order valence-corrected chi connectivity index (χ1v) is 5.94. The summed E-state index contributed by atoms with van der Waals surface area (Å²) in [6.07, 6.45) is 6.59. The van der Waals surface area contributed by atoms with Crippen molar-refractivity contribution in [3.8, 4) is 11.3 Å². The van der Waals surface area contributed by atoms with Crippen LogP contribution in [-0.4, -0.2) is 24.8 Å². The van der Waals surface area contributed by atoms with Gasteiger partial charge in [0.25, 0.3) is 0 Å². The smallest absolute Gasteiger partial charge is 0.155 e. The standard InChI is InChI=1S/C11H6N5S/c1-3-13-16-6-7(5-12-9(1)16)10-8-2-4-17-11(8)15-14-10/h1-4,6H,(H,14,15). The van der Waals surface area contributed by atoms with Gasteiger partial charge >= 0.3 is 0 Å². The molecule has 4 heterocycles. The molecule has 1 radical (unpaired) electrons. The van der Waals surface area contributed by atoms with E-state index in [0.29, 0.717) is 0 Å². The average molecular weight is 240 g/mol. The summed E-state index contributed by atoms with van der Waals surface area (Å²) < 4.78 is 1.72. The molecule has 4 rings (SSSR count). The number of nitrogens with one attached hydrogen (secondary N) is 1. The highest BCUT2D eigenvalue weighted by molar-refractivity contribution is 7.16. The Balaban J connectivity index is 2.01. The van der Waals surface area contributed by atoms with Gasteiger partial charge in [-0.15, -0.1) is 11.3 Å². The number of H-pyrrole nitrogens is 1. The maximum absolute atomic E-state index is 4.29. The fraction of sp³-hybridized carbons (Fsp3) is 0. The van der Waals surface area contributed by atoms with Gasteiger partial charge in [-0.2, -0.15) is 10.2 Å². The summed E-state index contributed by atoms with van der Waals surface area (Å²) in [6.45, 7) is 0. The van der Waals surface area contributed by atoms with Crippen molar-refractivity contribution in [2.24, 2.45) is 0 Å². The highest BCUT2D eigenvalue weighted by atomic mass is 32.1. The van der Waals surface area contributed by atoms with Crippen LogP contribution in [0.25, 0.3) is 27.1 Å². The summed E-state index contributed by atoms with van der Waals surface area (Å²) in [4.78, 5) is 5.28. The molecule has 0 saturated carbocycles. The summed E-state index contributed by atoms with van der Waals surface area (Å²) in [7, 11) is 0. The normalized spacial score (nSPS) is 11.5. The summed E-state index contributed by atoms with van der Waals surface area (Å²) in [6, 6.07) is 3.88. The average Bonchev–Trinajstić information content (AvgIpc) is 3.03. The molecule has 0 aliphatic carbocycles. The van der Waals surface area contributed by atoms with Gasteiger partial charge in [0.15, 0.2) is 5.65 Å². The fourth-order valence-corrected chi connectivity index (χ4v) is 2.56. The molecule has 4 aromatic rings. The van der Waals surface area contributed by atoms with Crippen molar-refractivity contribution in [1.82, 2.24) is 24.8 Å². The van der Waals surface area contributed by atoms with Gasteiger partial charge in [0.05, 0.1) is 6.20 Å². The van der Waals surface area contributed by atoms with Crippen molar-refractivity contribution in [2.75, 3.05) is 0 Å². The second-order valence-electron chi connectivity index (χ2n) is 3.64. The van der Waals surface area contributed by atoms with Crippen LogP contribution in [0.15, 0.2) is 29.9 Å². The highest BCUT2D eigenvalue weighted by Gasteiger charge is 2.10. The van der Waals surface area contributed by atoms with Crippen molar-refractivity contribution in [3.05, 3.63) is 36.1 Å². The van der Waals surface area contributed by atoms with Crippen LogP contribution in [0.4, 0.5) is 0 Å². The van der Waals surface area contributed by atoms with E-state index >= 15 is 0 Å². The molecule has 0 saturated heterocycles. The molecule has 4 aromatic heterocycles. The maximum Gasteiger partial charge on any atom is 0.155 e. The lowest BCUT2D eigenvalue weighted by atomic mass is 10.2. The lowest BCUT2D eigenvalue weighted by molar-refractivity contribution is 0.938. The fourth-order valence-electron chi connectivity index (χ4n) is 1.83. The zero-order valence-corrected chi connectivity index (χ0v) is 9.40. The molecule has 0 aliphatic heterocycles. The molecule has 0 aliphatic rings. The first-order valence-electron chi connectivity index (χ1n) is 5.06. The Morgan fingerprint density at radius 1 is 1.35 bits per heavy atom. The maximum atomic E-state index is 4.29.